The van der Waals surface area contributed by atoms with Crippen molar-refractivity contribution in [2.24, 2.45) is 0 Å². The van der Waals surface area contributed by atoms with Crippen LogP contribution in [0.3, 0.4) is 0 Å². The van der Waals surface area contributed by atoms with Crippen molar-refractivity contribution in [1.29, 1.82) is 0 Å². The maximum atomic E-state index is 12.0. The van der Waals surface area contributed by atoms with Gasteiger partial charge in [0.05, 0.1) is 6.26 Å². The Morgan fingerprint density at radius 1 is 1.05 bits per heavy atom. The van der Waals surface area contributed by atoms with E-state index in [9.17, 15) is 13.2 Å². The van der Waals surface area contributed by atoms with Gasteiger partial charge in [0, 0.05) is 16.3 Å². The van der Waals surface area contributed by atoms with Crippen molar-refractivity contribution in [2.75, 3.05) is 11.0 Å². The molecule has 0 spiro atoms. The number of ketones is 1. The summed E-state index contributed by atoms with van der Waals surface area (Å²) in [6.45, 7) is 0. The molecule has 0 unspecified atom stereocenters. The van der Waals surface area contributed by atoms with Gasteiger partial charge in [0.1, 0.15) is 0 Å². The van der Waals surface area contributed by atoms with Crippen LogP contribution in [0.25, 0.3) is 6.08 Å². The van der Waals surface area contributed by atoms with Crippen LogP contribution in [0.4, 0.5) is 5.69 Å². The standard InChI is InChI=1S/C16H14ClNO3S/c1-22(20,21)18-15-9-5-13(6-10-15)16(19)11-4-12-2-7-14(17)8-3-12/h2-11,18H,1H3/b11-4+. The quantitative estimate of drug-likeness (QED) is 0.670. The molecule has 0 aliphatic carbocycles. The number of hydrogen-bond acceptors (Lipinski definition) is 3. The predicted octanol–water partition coefficient (Wildman–Crippen LogP) is 3.61. The number of allylic oxidation sites excluding steroid dienone is 1. The fourth-order valence-corrected chi connectivity index (χ4v) is 2.45. The van der Waals surface area contributed by atoms with Gasteiger partial charge in [-0.05, 0) is 48.0 Å². The maximum Gasteiger partial charge on any atom is 0.229 e. The Hall–Kier alpha value is -2.11. The van der Waals surface area contributed by atoms with E-state index in [-0.39, 0.29) is 5.78 Å². The van der Waals surface area contributed by atoms with Crippen molar-refractivity contribution in [1.82, 2.24) is 0 Å². The molecule has 2 aromatic carbocycles. The Balaban J connectivity index is 2.08. The van der Waals surface area contributed by atoms with Gasteiger partial charge < -0.3 is 0 Å². The summed E-state index contributed by atoms with van der Waals surface area (Å²) in [6, 6.07) is 13.4. The number of hydrogen-bond donors (Lipinski definition) is 1. The zero-order chi connectivity index (χ0) is 16.2. The number of carbonyl (C=O) groups is 1. The van der Waals surface area contributed by atoms with E-state index in [2.05, 4.69) is 4.72 Å². The topological polar surface area (TPSA) is 63.2 Å². The van der Waals surface area contributed by atoms with E-state index in [1.165, 1.54) is 6.08 Å². The molecule has 0 saturated carbocycles. The minimum atomic E-state index is -3.32. The van der Waals surface area contributed by atoms with Gasteiger partial charge in [0.25, 0.3) is 0 Å². The molecule has 1 N–H and O–H groups in total. The molecule has 0 bridgehead atoms. The van der Waals surface area contributed by atoms with Crippen molar-refractivity contribution in [3.05, 3.63) is 70.8 Å². The second kappa shape index (κ2) is 6.77. The minimum absolute atomic E-state index is 0.166. The Bertz CT molecular complexity index is 794. The molecule has 0 heterocycles. The van der Waals surface area contributed by atoms with Crippen LogP contribution < -0.4 is 4.72 Å². The summed E-state index contributed by atoms with van der Waals surface area (Å²) in [5.41, 5.74) is 1.76. The first-order valence-corrected chi connectivity index (χ1v) is 8.66. The number of halogens is 1. The average molecular weight is 336 g/mol. The van der Waals surface area contributed by atoms with Gasteiger partial charge in [-0.1, -0.05) is 29.8 Å². The second-order valence-electron chi connectivity index (χ2n) is 4.70. The lowest BCUT2D eigenvalue weighted by molar-refractivity contribution is 0.104. The van der Waals surface area contributed by atoms with E-state index in [1.54, 1.807) is 42.5 Å². The summed E-state index contributed by atoms with van der Waals surface area (Å²) < 4.78 is 24.5. The van der Waals surface area contributed by atoms with Crippen molar-refractivity contribution in [3.63, 3.8) is 0 Å². The molecule has 0 fully saturated rings. The monoisotopic (exact) mass is 335 g/mol. The molecule has 4 nitrogen and oxygen atoms in total. The zero-order valence-electron chi connectivity index (χ0n) is 11.8. The van der Waals surface area contributed by atoms with Gasteiger partial charge in [-0.25, -0.2) is 8.42 Å². The summed E-state index contributed by atoms with van der Waals surface area (Å²) in [7, 11) is -3.32. The molecule has 0 aromatic heterocycles. The van der Waals surface area contributed by atoms with Gasteiger partial charge in [-0.15, -0.1) is 0 Å². The molecular formula is C16H14ClNO3S. The highest BCUT2D eigenvalue weighted by Gasteiger charge is 2.04. The minimum Gasteiger partial charge on any atom is -0.289 e. The van der Waals surface area contributed by atoms with Crippen molar-refractivity contribution >= 4 is 39.2 Å². The Labute approximate surface area is 134 Å². The van der Waals surface area contributed by atoms with Crippen LogP contribution in [0.2, 0.25) is 5.02 Å². The summed E-state index contributed by atoms with van der Waals surface area (Å²) in [6.07, 6.45) is 4.23. The molecule has 0 aliphatic heterocycles. The molecule has 0 aliphatic rings. The number of nitrogens with one attached hydrogen (secondary N) is 1. The number of anilines is 1. The molecule has 22 heavy (non-hydrogen) atoms. The largest absolute Gasteiger partial charge is 0.289 e. The first-order chi connectivity index (χ1) is 10.3. The van der Waals surface area contributed by atoms with Crippen LogP contribution in [0.5, 0.6) is 0 Å². The van der Waals surface area contributed by atoms with Gasteiger partial charge in [0.2, 0.25) is 10.0 Å². The average Bonchev–Trinajstić information content (AvgIpc) is 2.45. The molecule has 0 saturated heterocycles. The number of benzene rings is 2. The highest BCUT2D eigenvalue weighted by atomic mass is 35.5. The van der Waals surface area contributed by atoms with E-state index in [4.69, 9.17) is 11.6 Å². The van der Waals surface area contributed by atoms with Gasteiger partial charge in [-0.2, -0.15) is 0 Å². The predicted molar refractivity (Wildman–Crippen MR) is 89.7 cm³/mol. The normalized spacial score (nSPS) is 11.5. The lowest BCUT2D eigenvalue weighted by atomic mass is 10.1. The highest BCUT2D eigenvalue weighted by molar-refractivity contribution is 7.92. The molecule has 0 amide bonds. The first-order valence-electron chi connectivity index (χ1n) is 6.39. The maximum absolute atomic E-state index is 12.0. The van der Waals surface area contributed by atoms with E-state index in [1.807, 2.05) is 12.1 Å². The van der Waals surface area contributed by atoms with Gasteiger partial charge >= 0.3 is 0 Å². The molecule has 0 atom stereocenters. The van der Waals surface area contributed by atoms with E-state index < -0.39 is 10.0 Å². The van der Waals surface area contributed by atoms with Gasteiger partial charge in [0.15, 0.2) is 5.78 Å². The second-order valence-corrected chi connectivity index (χ2v) is 6.89. The third kappa shape index (κ3) is 5.02. The fraction of sp³-hybridized carbons (Fsp3) is 0.0625. The Morgan fingerprint density at radius 2 is 1.64 bits per heavy atom. The van der Waals surface area contributed by atoms with Crippen LogP contribution in [0.1, 0.15) is 15.9 Å². The molecule has 2 aromatic rings. The summed E-state index contributed by atoms with van der Waals surface area (Å²) in [5, 5.41) is 0.637. The zero-order valence-corrected chi connectivity index (χ0v) is 13.4. The van der Waals surface area contributed by atoms with Crippen LogP contribution in [-0.4, -0.2) is 20.5 Å². The summed E-state index contributed by atoms with van der Waals surface area (Å²) in [4.78, 5) is 12.0. The van der Waals surface area contributed by atoms with E-state index in [0.717, 1.165) is 11.8 Å². The van der Waals surface area contributed by atoms with Crippen molar-refractivity contribution in [3.8, 4) is 0 Å². The van der Waals surface area contributed by atoms with Crippen LogP contribution >= 0.6 is 11.6 Å². The molecule has 114 valence electrons. The summed E-state index contributed by atoms with van der Waals surface area (Å²) >= 11 is 5.79. The molecule has 2 rings (SSSR count). The van der Waals surface area contributed by atoms with Crippen molar-refractivity contribution < 1.29 is 13.2 Å². The molecular weight excluding hydrogens is 322 g/mol. The van der Waals surface area contributed by atoms with E-state index in [0.29, 0.717) is 16.3 Å². The summed E-state index contributed by atoms with van der Waals surface area (Å²) in [5.74, 6) is -0.166. The smallest absolute Gasteiger partial charge is 0.229 e. The Kier molecular flexibility index (Phi) is 5.00. The van der Waals surface area contributed by atoms with Crippen LogP contribution in [0.15, 0.2) is 54.6 Å². The number of carbonyl (C=O) groups excluding carboxylic acids is 1. The number of sulfonamides is 1. The van der Waals surface area contributed by atoms with Crippen LogP contribution in [0, 0.1) is 0 Å². The first kappa shape index (κ1) is 16.3. The van der Waals surface area contributed by atoms with Gasteiger partial charge in [-0.3, -0.25) is 9.52 Å². The lowest BCUT2D eigenvalue weighted by Crippen LogP contribution is -2.09. The third-order valence-corrected chi connectivity index (χ3v) is 3.63. The van der Waals surface area contributed by atoms with Crippen LogP contribution in [-0.2, 0) is 10.0 Å². The van der Waals surface area contributed by atoms with Crippen molar-refractivity contribution in [2.45, 2.75) is 0 Å². The SMILES string of the molecule is CS(=O)(=O)Nc1ccc(C(=O)/C=C/c2ccc(Cl)cc2)cc1. The molecule has 0 radical (unpaired) electrons. The third-order valence-electron chi connectivity index (χ3n) is 2.77. The molecule has 6 heteroatoms. The Morgan fingerprint density at radius 3 is 2.18 bits per heavy atom. The lowest BCUT2D eigenvalue weighted by Gasteiger charge is -2.03. The highest BCUT2D eigenvalue weighted by Crippen LogP contribution is 2.13. The fourth-order valence-electron chi connectivity index (χ4n) is 1.76. The number of rotatable bonds is 5. The van der Waals surface area contributed by atoms with E-state index >= 15 is 0 Å².